The summed E-state index contributed by atoms with van der Waals surface area (Å²) in [6.07, 6.45) is 2.52. The molecular formula is C26H32N4O3. The van der Waals surface area contributed by atoms with E-state index in [1.807, 2.05) is 51.1 Å². The quantitative estimate of drug-likeness (QED) is 0.477. The molecule has 2 aromatic heterocycles. The molecule has 0 aliphatic heterocycles. The second kappa shape index (κ2) is 10.9. The number of pyridine rings is 1. The van der Waals surface area contributed by atoms with Gasteiger partial charge in [-0.2, -0.15) is 0 Å². The average Bonchev–Trinajstić information content (AvgIpc) is 3.06. The number of methoxy groups -OCH3 is 1. The van der Waals surface area contributed by atoms with Crippen molar-refractivity contribution in [1.82, 2.24) is 14.5 Å². The third kappa shape index (κ3) is 6.52. The number of rotatable bonds is 10. The van der Waals surface area contributed by atoms with Crippen LogP contribution in [-0.2, 0) is 17.8 Å². The Bertz CT molecular complexity index is 1120. The molecular weight excluding hydrogens is 416 g/mol. The summed E-state index contributed by atoms with van der Waals surface area (Å²) in [7, 11) is 3.43. The smallest absolute Gasteiger partial charge is 0.239 e. The van der Waals surface area contributed by atoms with E-state index in [9.17, 15) is 9.59 Å². The van der Waals surface area contributed by atoms with Gasteiger partial charge in [0.05, 0.1) is 20.2 Å². The first kappa shape index (κ1) is 24.2. The van der Waals surface area contributed by atoms with Crippen LogP contribution in [-0.4, -0.2) is 53.4 Å². The van der Waals surface area contributed by atoms with Crippen molar-refractivity contribution in [2.45, 2.75) is 33.7 Å². The number of anilines is 1. The largest absolute Gasteiger partial charge is 0.497 e. The molecule has 7 nitrogen and oxygen atoms in total. The summed E-state index contributed by atoms with van der Waals surface area (Å²) < 4.78 is 7.39. The van der Waals surface area contributed by atoms with E-state index in [1.54, 1.807) is 25.3 Å². The molecule has 0 fully saturated rings. The van der Waals surface area contributed by atoms with Crippen LogP contribution in [0.2, 0.25) is 0 Å². The maximum absolute atomic E-state index is 13.0. The van der Waals surface area contributed by atoms with E-state index < -0.39 is 0 Å². The zero-order valence-corrected chi connectivity index (χ0v) is 20.0. The maximum atomic E-state index is 13.0. The van der Waals surface area contributed by atoms with Crippen LogP contribution >= 0.6 is 0 Å². The molecule has 0 aliphatic rings. The number of amides is 1. The number of ketones is 1. The van der Waals surface area contributed by atoms with Crippen molar-refractivity contribution >= 4 is 17.5 Å². The number of hydrogen-bond acceptors (Lipinski definition) is 5. The summed E-state index contributed by atoms with van der Waals surface area (Å²) in [6, 6.07) is 13.7. The second-order valence-corrected chi connectivity index (χ2v) is 8.40. The lowest BCUT2D eigenvalue weighted by molar-refractivity contribution is -0.116. The van der Waals surface area contributed by atoms with Gasteiger partial charge >= 0.3 is 0 Å². The first-order valence-corrected chi connectivity index (χ1v) is 11.0. The van der Waals surface area contributed by atoms with Gasteiger partial charge in [-0.1, -0.05) is 12.1 Å². The van der Waals surface area contributed by atoms with E-state index in [4.69, 9.17) is 4.74 Å². The monoisotopic (exact) mass is 448 g/mol. The molecule has 33 heavy (non-hydrogen) atoms. The molecule has 3 rings (SSSR count). The number of carbonyl (C=O) groups excluding carboxylic acids is 2. The van der Waals surface area contributed by atoms with Crippen LogP contribution in [0.25, 0.3) is 0 Å². The van der Waals surface area contributed by atoms with Gasteiger partial charge in [-0.25, -0.2) is 4.98 Å². The van der Waals surface area contributed by atoms with E-state index >= 15 is 0 Å². The molecule has 0 atom stereocenters. The highest BCUT2D eigenvalue weighted by atomic mass is 16.5. The molecule has 3 aromatic rings. The molecule has 0 aliphatic carbocycles. The first-order valence-electron chi connectivity index (χ1n) is 11.0. The van der Waals surface area contributed by atoms with Gasteiger partial charge in [0, 0.05) is 29.7 Å². The zero-order chi connectivity index (χ0) is 24.0. The predicted molar refractivity (Wildman–Crippen MR) is 130 cm³/mol. The summed E-state index contributed by atoms with van der Waals surface area (Å²) >= 11 is 0. The summed E-state index contributed by atoms with van der Waals surface area (Å²) in [5.74, 6) is 1.16. The Morgan fingerprint density at radius 3 is 2.45 bits per heavy atom. The second-order valence-electron chi connectivity index (χ2n) is 8.40. The van der Waals surface area contributed by atoms with Crippen LogP contribution in [0.4, 0.5) is 5.82 Å². The Balaban J connectivity index is 1.57. The highest BCUT2D eigenvalue weighted by Crippen LogP contribution is 2.18. The number of aryl methyl sites for hydroxylation is 3. The molecule has 1 aromatic carbocycles. The Morgan fingerprint density at radius 1 is 1.06 bits per heavy atom. The third-order valence-electron chi connectivity index (χ3n) is 5.67. The normalized spacial score (nSPS) is 11.0. The van der Waals surface area contributed by atoms with E-state index in [1.165, 1.54) is 5.56 Å². The van der Waals surface area contributed by atoms with E-state index in [2.05, 4.69) is 27.0 Å². The summed E-state index contributed by atoms with van der Waals surface area (Å²) in [4.78, 5) is 31.1. The standard InChI is InChI=1S/C26H32N4O3/c1-18-10-12-27-25(14-18)28-26(32)17-29(4)16-24(31)23-15-19(2)30(20(23)3)13-11-21-6-8-22(33-5)9-7-21/h6-10,12,14-15H,11,13,16-17H2,1-5H3,(H,27,28,32). The number of Topliss-reactive ketones (excluding diaryl/α,β-unsaturated/α-hetero) is 1. The molecule has 1 amide bonds. The number of benzene rings is 1. The summed E-state index contributed by atoms with van der Waals surface area (Å²) in [5.41, 5.74) is 4.94. The van der Waals surface area contributed by atoms with Crippen molar-refractivity contribution in [2.75, 3.05) is 32.6 Å². The number of aromatic nitrogens is 2. The predicted octanol–water partition coefficient (Wildman–Crippen LogP) is 3.81. The van der Waals surface area contributed by atoms with Crippen molar-refractivity contribution in [3.05, 3.63) is 76.7 Å². The maximum Gasteiger partial charge on any atom is 0.239 e. The van der Waals surface area contributed by atoms with Crippen LogP contribution in [0.5, 0.6) is 5.75 Å². The summed E-state index contributed by atoms with van der Waals surface area (Å²) in [6.45, 7) is 7.00. The number of nitrogens with one attached hydrogen (secondary N) is 1. The van der Waals surface area contributed by atoms with Gasteiger partial charge < -0.3 is 14.6 Å². The molecule has 0 bridgehead atoms. The van der Waals surface area contributed by atoms with Gasteiger partial charge in [0.15, 0.2) is 5.78 Å². The Kier molecular flexibility index (Phi) is 8.01. The molecule has 0 spiro atoms. The number of hydrogen-bond donors (Lipinski definition) is 1. The first-order chi connectivity index (χ1) is 15.8. The number of carbonyl (C=O) groups is 2. The molecule has 0 saturated heterocycles. The van der Waals surface area contributed by atoms with Gasteiger partial charge in [-0.05, 0) is 75.7 Å². The fraction of sp³-hybridized carbons (Fsp3) is 0.346. The minimum absolute atomic E-state index is 0.00257. The summed E-state index contributed by atoms with van der Waals surface area (Å²) in [5, 5.41) is 2.78. The number of likely N-dealkylation sites (N-methyl/N-ethyl adjacent to an activating group) is 1. The molecule has 0 unspecified atom stereocenters. The minimum Gasteiger partial charge on any atom is -0.497 e. The van der Waals surface area contributed by atoms with E-state index in [-0.39, 0.29) is 24.8 Å². The van der Waals surface area contributed by atoms with Crippen molar-refractivity contribution in [1.29, 1.82) is 0 Å². The topological polar surface area (TPSA) is 76.5 Å². The Labute approximate surface area is 195 Å². The van der Waals surface area contributed by atoms with Gasteiger partial charge in [0.25, 0.3) is 0 Å². The fourth-order valence-corrected chi connectivity index (χ4v) is 3.88. The molecule has 2 heterocycles. The highest BCUT2D eigenvalue weighted by molar-refractivity contribution is 5.99. The lowest BCUT2D eigenvalue weighted by Crippen LogP contribution is -2.34. The Morgan fingerprint density at radius 2 is 1.79 bits per heavy atom. The van der Waals surface area contributed by atoms with Crippen molar-refractivity contribution < 1.29 is 14.3 Å². The van der Waals surface area contributed by atoms with Gasteiger partial charge in [0.2, 0.25) is 5.91 Å². The van der Waals surface area contributed by atoms with Crippen molar-refractivity contribution in [2.24, 2.45) is 0 Å². The molecule has 0 radical (unpaired) electrons. The van der Waals surface area contributed by atoms with Gasteiger partial charge in [0.1, 0.15) is 11.6 Å². The van der Waals surface area contributed by atoms with Crippen LogP contribution < -0.4 is 10.1 Å². The number of nitrogens with zero attached hydrogens (tertiary/aromatic N) is 3. The molecule has 7 heteroatoms. The fourth-order valence-electron chi connectivity index (χ4n) is 3.88. The van der Waals surface area contributed by atoms with Crippen molar-refractivity contribution in [3.8, 4) is 5.75 Å². The van der Waals surface area contributed by atoms with Crippen LogP contribution in [0.1, 0.15) is 32.9 Å². The minimum atomic E-state index is -0.201. The average molecular weight is 449 g/mol. The number of ether oxygens (including phenoxy) is 1. The lowest BCUT2D eigenvalue weighted by Gasteiger charge is -2.15. The zero-order valence-electron chi connectivity index (χ0n) is 20.0. The molecule has 1 N–H and O–H groups in total. The van der Waals surface area contributed by atoms with Crippen LogP contribution in [0.3, 0.4) is 0 Å². The van der Waals surface area contributed by atoms with Gasteiger partial charge in [-0.3, -0.25) is 14.5 Å². The SMILES string of the molecule is COc1ccc(CCn2c(C)cc(C(=O)CN(C)CC(=O)Nc3cc(C)ccn3)c2C)cc1. The molecule has 174 valence electrons. The van der Waals surface area contributed by atoms with Crippen LogP contribution in [0, 0.1) is 20.8 Å². The third-order valence-corrected chi connectivity index (χ3v) is 5.67. The lowest BCUT2D eigenvalue weighted by atomic mass is 10.1. The molecule has 0 saturated carbocycles. The highest BCUT2D eigenvalue weighted by Gasteiger charge is 2.18. The van der Waals surface area contributed by atoms with Crippen LogP contribution in [0.15, 0.2) is 48.7 Å². The van der Waals surface area contributed by atoms with Crippen molar-refractivity contribution in [3.63, 3.8) is 0 Å². The van der Waals surface area contributed by atoms with Gasteiger partial charge in [-0.15, -0.1) is 0 Å². The Hall–Kier alpha value is -3.45. The van der Waals surface area contributed by atoms with E-state index in [0.29, 0.717) is 11.4 Å². The van der Waals surface area contributed by atoms with E-state index in [0.717, 1.165) is 35.7 Å².